The number of halogens is 1. The van der Waals surface area contributed by atoms with Crippen LogP contribution in [0.3, 0.4) is 0 Å². The highest BCUT2D eigenvalue weighted by Crippen LogP contribution is 2.31. The first-order chi connectivity index (χ1) is 16.1. The second kappa shape index (κ2) is 8.50. The molecule has 166 valence electrons. The summed E-state index contributed by atoms with van der Waals surface area (Å²) in [6, 6.07) is 20.1. The fourth-order valence-corrected chi connectivity index (χ4v) is 4.40. The van der Waals surface area contributed by atoms with E-state index < -0.39 is 23.9 Å². The van der Waals surface area contributed by atoms with Gasteiger partial charge in [-0.25, -0.2) is 14.2 Å². The third-order valence-electron chi connectivity index (χ3n) is 5.93. The molecule has 0 bridgehead atoms. The van der Waals surface area contributed by atoms with Crippen LogP contribution in [-0.2, 0) is 9.53 Å². The first kappa shape index (κ1) is 20.9. The van der Waals surface area contributed by atoms with Gasteiger partial charge in [0.25, 0.3) is 5.91 Å². The molecule has 1 fully saturated rings. The van der Waals surface area contributed by atoms with Gasteiger partial charge in [0.05, 0.1) is 30.3 Å². The number of hydrogen-bond donors (Lipinski definition) is 0. The Morgan fingerprint density at radius 3 is 2.18 bits per heavy atom. The van der Waals surface area contributed by atoms with E-state index in [1.54, 1.807) is 12.1 Å². The number of carbonyl (C=O) groups excluding carboxylic acids is 2. The molecule has 7 heteroatoms. The lowest BCUT2D eigenvalue weighted by molar-refractivity contribution is -0.145. The van der Waals surface area contributed by atoms with Crippen molar-refractivity contribution in [2.24, 2.45) is 0 Å². The van der Waals surface area contributed by atoms with Crippen LogP contribution in [0.4, 0.5) is 4.39 Å². The average molecular weight is 444 g/mol. The molecule has 1 aliphatic heterocycles. The quantitative estimate of drug-likeness (QED) is 0.346. The molecule has 33 heavy (non-hydrogen) atoms. The molecule has 5 rings (SSSR count). The Hall–Kier alpha value is -4.00. The lowest BCUT2D eigenvalue weighted by Crippen LogP contribution is -2.41. The molecule has 1 aromatic heterocycles. The van der Waals surface area contributed by atoms with E-state index in [1.165, 1.54) is 24.1 Å². The zero-order valence-electron chi connectivity index (χ0n) is 17.9. The van der Waals surface area contributed by atoms with E-state index >= 15 is 0 Å². The van der Waals surface area contributed by atoms with Crippen molar-refractivity contribution in [3.63, 3.8) is 0 Å². The molecule has 2 heterocycles. The van der Waals surface area contributed by atoms with Crippen LogP contribution < -0.4 is 4.74 Å². The highest BCUT2D eigenvalue weighted by molar-refractivity contribution is 6.16. The van der Waals surface area contributed by atoms with E-state index in [1.807, 2.05) is 48.5 Å². The lowest BCUT2D eigenvalue weighted by atomic mass is 10.0. The number of ether oxygens (including phenoxy) is 2. The Kier molecular flexibility index (Phi) is 5.38. The summed E-state index contributed by atoms with van der Waals surface area (Å²) in [5.74, 6) is -1.27. The highest BCUT2D eigenvalue weighted by atomic mass is 19.1. The summed E-state index contributed by atoms with van der Waals surface area (Å²) in [7, 11) is 1.28. The first-order valence-electron chi connectivity index (χ1n) is 10.6. The van der Waals surface area contributed by atoms with Gasteiger partial charge in [0.2, 0.25) is 0 Å². The summed E-state index contributed by atoms with van der Waals surface area (Å²) < 4.78 is 24.9. The number of likely N-dealkylation sites (tertiary alicyclic amines) is 1. The van der Waals surface area contributed by atoms with Gasteiger partial charge in [0, 0.05) is 17.2 Å². The molecule has 0 saturated carbocycles. The molecule has 1 amide bonds. The monoisotopic (exact) mass is 444 g/mol. The van der Waals surface area contributed by atoms with E-state index in [0.717, 1.165) is 0 Å². The summed E-state index contributed by atoms with van der Waals surface area (Å²) in [5.41, 5.74) is 1.84. The van der Waals surface area contributed by atoms with Crippen LogP contribution in [0.2, 0.25) is 0 Å². The van der Waals surface area contributed by atoms with Crippen molar-refractivity contribution in [2.75, 3.05) is 13.7 Å². The smallest absolute Gasteiger partial charge is 0.328 e. The van der Waals surface area contributed by atoms with Crippen LogP contribution in [0.1, 0.15) is 16.8 Å². The molecule has 1 saturated heterocycles. The predicted molar refractivity (Wildman–Crippen MR) is 122 cm³/mol. The fourth-order valence-electron chi connectivity index (χ4n) is 4.40. The SMILES string of the molecule is COC(=O)C1CC(Oc2ccccc2F)CN1C(=O)c1c2ccccc2nc2ccccc12. The number of hydrogen-bond acceptors (Lipinski definition) is 5. The zero-order chi connectivity index (χ0) is 22.9. The van der Waals surface area contributed by atoms with Crippen LogP contribution in [0, 0.1) is 5.82 Å². The van der Waals surface area contributed by atoms with E-state index in [4.69, 9.17) is 9.47 Å². The van der Waals surface area contributed by atoms with E-state index in [0.29, 0.717) is 27.4 Å². The van der Waals surface area contributed by atoms with Crippen LogP contribution >= 0.6 is 0 Å². The molecule has 2 unspecified atom stereocenters. The van der Waals surface area contributed by atoms with Gasteiger partial charge in [0.1, 0.15) is 12.1 Å². The van der Waals surface area contributed by atoms with Crippen LogP contribution in [0.5, 0.6) is 5.75 Å². The number of esters is 1. The summed E-state index contributed by atoms with van der Waals surface area (Å²) in [4.78, 5) is 32.7. The van der Waals surface area contributed by atoms with Gasteiger partial charge in [-0.1, -0.05) is 48.5 Å². The Labute approximate surface area is 189 Å². The zero-order valence-corrected chi connectivity index (χ0v) is 17.9. The third-order valence-corrected chi connectivity index (χ3v) is 5.93. The molecular formula is C26H21FN2O4. The molecular weight excluding hydrogens is 423 g/mol. The summed E-state index contributed by atoms with van der Waals surface area (Å²) >= 11 is 0. The van der Waals surface area contributed by atoms with Crippen molar-refractivity contribution >= 4 is 33.7 Å². The van der Waals surface area contributed by atoms with E-state index in [2.05, 4.69) is 4.98 Å². The van der Waals surface area contributed by atoms with Gasteiger partial charge < -0.3 is 14.4 Å². The molecule has 6 nitrogen and oxygen atoms in total. The van der Waals surface area contributed by atoms with Gasteiger partial charge in [0.15, 0.2) is 11.6 Å². The lowest BCUT2D eigenvalue weighted by Gasteiger charge is -2.24. The number of pyridine rings is 1. The minimum atomic E-state index is -0.843. The standard InChI is InChI=1S/C26H21FN2O4/c1-32-26(31)22-14-16(33-23-13-7-4-10-19(23)27)15-29(22)25(30)24-17-8-2-5-11-20(17)28-21-12-6-3-9-18(21)24/h2-13,16,22H,14-15H2,1H3. The van der Waals surface area contributed by atoms with Crippen molar-refractivity contribution in [3.8, 4) is 5.75 Å². The normalized spacial score (nSPS) is 17.9. The van der Waals surface area contributed by atoms with Gasteiger partial charge in [-0.05, 0) is 24.3 Å². The van der Waals surface area contributed by atoms with Gasteiger partial charge in [-0.2, -0.15) is 0 Å². The first-order valence-corrected chi connectivity index (χ1v) is 10.6. The molecule has 0 radical (unpaired) electrons. The van der Waals surface area contributed by atoms with Crippen LogP contribution in [-0.4, -0.2) is 47.6 Å². The van der Waals surface area contributed by atoms with Crippen LogP contribution in [0.15, 0.2) is 72.8 Å². The fraction of sp³-hybridized carbons (Fsp3) is 0.192. The number of benzene rings is 3. The van der Waals surface area contributed by atoms with Crippen molar-refractivity contribution in [1.29, 1.82) is 0 Å². The minimum absolute atomic E-state index is 0.0835. The maximum absolute atomic E-state index is 14.1. The topological polar surface area (TPSA) is 68.7 Å². The largest absolute Gasteiger partial charge is 0.485 e. The van der Waals surface area contributed by atoms with E-state index in [9.17, 15) is 14.0 Å². The molecule has 0 aliphatic carbocycles. The third kappa shape index (κ3) is 3.75. The number of carbonyl (C=O) groups is 2. The molecule has 1 aliphatic rings. The molecule has 2 atom stereocenters. The Morgan fingerprint density at radius 2 is 1.55 bits per heavy atom. The Morgan fingerprint density at radius 1 is 0.939 bits per heavy atom. The van der Waals surface area contributed by atoms with E-state index in [-0.39, 0.29) is 24.6 Å². The summed E-state index contributed by atoms with van der Waals surface area (Å²) in [5, 5.41) is 1.39. The number of methoxy groups -OCH3 is 1. The minimum Gasteiger partial charge on any atom is -0.485 e. The maximum Gasteiger partial charge on any atom is 0.328 e. The van der Waals surface area contributed by atoms with Gasteiger partial charge in [-0.15, -0.1) is 0 Å². The number of amides is 1. The number of rotatable bonds is 4. The second-order valence-corrected chi connectivity index (χ2v) is 7.92. The highest BCUT2D eigenvalue weighted by Gasteiger charge is 2.42. The van der Waals surface area contributed by atoms with Crippen molar-refractivity contribution in [2.45, 2.75) is 18.6 Å². The molecule has 4 aromatic rings. The number of nitrogens with zero attached hydrogens (tertiary/aromatic N) is 2. The average Bonchev–Trinajstić information content (AvgIpc) is 3.27. The van der Waals surface area contributed by atoms with Gasteiger partial charge >= 0.3 is 5.97 Å². The summed E-state index contributed by atoms with van der Waals surface area (Å²) in [6.45, 7) is 0.123. The Bertz CT molecular complexity index is 1320. The van der Waals surface area contributed by atoms with Crippen molar-refractivity contribution in [3.05, 3.63) is 84.2 Å². The molecule has 3 aromatic carbocycles. The van der Waals surface area contributed by atoms with Gasteiger partial charge in [-0.3, -0.25) is 4.79 Å². The Balaban J connectivity index is 1.57. The number of para-hydroxylation sites is 3. The molecule has 0 spiro atoms. The van der Waals surface area contributed by atoms with Crippen LogP contribution in [0.25, 0.3) is 21.8 Å². The number of fused-ring (bicyclic) bond motifs is 2. The molecule has 0 N–H and O–H groups in total. The maximum atomic E-state index is 14.1. The summed E-state index contributed by atoms with van der Waals surface area (Å²) in [6.07, 6.45) is -0.359. The number of aromatic nitrogens is 1. The second-order valence-electron chi connectivity index (χ2n) is 7.92. The van der Waals surface area contributed by atoms with Crippen molar-refractivity contribution < 1.29 is 23.5 Å². The van der Waals surface area contributed by atoms with Crippen molar-refractivity contribution in [1.82, 2.24) is 9.88 Å². The predicted octanol–water partition coefficient (Wildman–Crippen LogP) is 4.36.